The highest BCUT2D eigenvalue weighted by Crippen LogP contribution is 2.15. The highest BCUT2D eigenvalue weighted by Gasteiger charge is 2.10. The van der Waals surface area contributed by atoms with Gasteiger partial charge in [0.2, 0.25) is 0 Å². The molecule has 0 saturated carbocycles. The summed E-state index contributed by atoms with van der Waals surface area (Å²) in [6.45, 7) is 0.557. The quantitative estimate of drug-likeness (QED) is 0.783. The maximum atomic E-state index is 11.7. The minimum Gasteiger partial charge on any atom is -0.347 e. The molecule has 1 aromatic carbocycles. The van der Waals surface area contributed by atoms with Gasteiger partial charge < -0.3 is 10.0 Å². The van der Waals surface area contributed by atoms with Crippen LogP contribution in [-0.4, -0.2) is 5.91 Å². The maximum Gasteiger partial charge on any atom is 0.259 e. The summed E-state index contributed by atoms with van der Waals surface area (Å²) in [5, 5.41) is 2.87. The average Bonchev–Trinajstić information content (AvgIpc) is 2.38. The van der Waals surface area contributed by atoms with E-state index >= 15 is 0 Å². The largest absolute Gasteiger partial charge is 0.347 e. The van der Waals surface area contributed by atoms with Gasteiger partial charge in [0.25, 0.3) is 5.91 Å². The highest BCUT2D eigenvalue weighted by molar-refractivity contribution is 8.02. The lowest BCUT2D eigenvalue weighted by Gasteiger charge is -2.10. The van der Waals surface area contributed by atoms with Gasteiger partial charge in [-0.2, -0.15) is 0 Å². The van der Waals surface area contributed by atoms with Crippen molar-refractivity contribution in [2.45, 2.75) is 6.54 Å². The molecule has 16 heavy (non-hydrogen) atoms. The van der Waals surface area contributed by atoms with Crippen molar-refractivity contribution >= 4 is 17.9 Å². The third-order valence-corrected chi connectivity index (χ3v) is 2.90. The van der Waals surface area contributed by atoms with Crippen LogP contribution in [0.5, 0.6) is 0 Å². The first-order valence-corrected chi connectivity index (χ1v) is 5.79. The molecule has 0 aliphatic carbocycles. The molecule has 3 nitrogen and oxygen atoms in total. The number of hydrogen-bond donors (Lipinski definition) is 2. The fourth-order valence-corrected chi connectivity index (χ4v) is 1.88. The van der Waals surface area contributed by atoms with Crippen molar-refractivity contribution in [3.8, 4) is 0 Å². The number of benzene rings is 1. The van der Waals surface area contributed by atoms with Crippen LogP contribution in [-0.2, 0) is 11.3 Å². The fraction of sp³-hybridized carbons (Fsp3) is 0.0833. The second kappa shape index (κ2) is 5.42. The summed E-state index contributed by atoms with van der Waals surface area (Å²) < 4.78 is 2.92. The van der Waals surface area contributed by atoms with E-state index in [9.17, 15) is 4.79 Å². The molecule has 1 aliphatic rings. The van der Waals surface area contributed by atoms with Crippen LogP contribution in [0.3, 0.4) is 0 Å². The van der Waals surface area contributed by atoms with Gasteiger partial charge in [-0.15, -0.1) is 0 Å². The Morgan fingerprint density at radius 3 is 2.81 bits per heavy atom. The minimum atomic E-state index is -0.0503. The average molecular weight is 232 g/mol. The first-order valence-electron chi connectivity index (χ1n) is 4.97. The Labute approximate surface area is 98.8 Å². The van der Waals surface area contributed by atoms with E-state index in [4.69, 9.17) is 0 Å². The van der Waals surface area contributed by atoms with Gasteiger partial charge in [-0.3, -0.25) is 4.79 Å². The molecule has 82 valence electrons. The van der Waals surface area contributed by atoms with Gasteiger partial charge in [0.05, 0.1) is 4.91 Å². The van der Waals surface area contributed by atoms with Crippen molar-refractivity contribution in [1.82, 2.24) is 10.0 Å². The molecule has 2 rings (SSSR count). The first-order chi connectivity index (χ1) is 7.86. The number of amides is 1. The predicted octanol–water partition coefficient (Wildman–Crippen LogP) is 1.95. The van der Waals surface area contributed by atoms with Gasteiger partial charge >= 0.3 is 0 Å². The summed E-state index contributed by atoms with van der Waals surface area (Å²) in [6, 6.07) is 9.85. The van der Waals surface area contributed by atoms with Crippen LogP contribution in [0.25, 0.3) is 0 Å². The normalized spacial score (nSPS) is 13.9. The van der Waals surface area contributed by atoms with Gasteiger partial charge in [0.15, 0.2) is 0 Å². The van der Waals surface area contributed by atoms with E-state index in [0.29, 0.717) is 11.4 Å². The lowest BCUT2D eigenvalue weighted by Crippen LogP contribution is -2.24. The molecule has 4 heteroatoms. The van der Waals surface area contributed by atoms with Crippen LogP contribution in [0, 0.1) is 0 Å². The molecule has 2 N–H and O–H groups in total. The van der Waals surface area contributed by atoms with Crippen LogP contribution in [0.4, 0.5) is 0 Å². The molecular formula is C12H12N2OS. The van der Waals surface area contributed by atoms with E-state index in [1.165, 1.54) is 11.9 Å². The third kappa shape index (κ3) is 2.90. The number of nitrogens with one attached hydrogen (secondary N) is 2. The highest BCUT2D eigenvalue weighted by atomic mass is 32.2. The van der Waals surface area contributed by atoms with Crippen molar-refractivity contribution < 1.29 is 4.79 Å². The standard InChI is InChI=1S/C12H12N2OS/c15-12(11-7-4-8-14-16-11)13-9-10-5-2-1-3-6-10/h1-8,14H,9H2,(H,13,15). The lowest BCUT2D eigenvalue weighted by molar-refractivity contribution is -0.116. The summed E-state index contributed by atoms with van der Waals surface area (Å²) >= 11 is 1.32. The van der Waals surface area contributed by atoms with E-state index < -0.39 is 0 Å². The van der Waals surface area contributed by atoms with Crippen molar-refractivity contribution in [3.05, 3.63) is 59.2 Å². The summed E-state index contributed by atoms with van der Waals surface area (Å²) in [7, 11) is 0. The second-order valence-corrected chi connectivity index (χ2v) is 4.16. The topological polar surface area (TPSA) is 41.1 Å². The number of carbonyl (C=O) groups excluding carboxylic acids is 1. The van der Waals surface area contributed by atoms with Crippen molar-refractivity contribution in [2.75, 3.05) is 0 Å². The maximum absolute atomic E-state index is 11.7. The zero-order valence-corrected chi connectivity index (χ0v) is 9.46. The molecule has 1 amide bonds. The Morgan fingerprint density at radius 2 is 2.12 bits per heavy atom. The summed E-state index contributed by atoms with van der Waals surface area (Å²) in [6.07, 6.45) is 5.40. The number of hydrogen-bond acceptors (Lipinski definition) is 3. The zero-order chi connectivity index (χ0) is 11.2. The van der Waals surface area contributed by atoms with E-state index in [2.05, 4.69) is 10.0 Å². The van der Waals surface area contributed by atoms with Crippen molar-refractivity contribution in [3.63, 3.8) is 0 Å². The van der Waals surface area contributed by atoms with Gasteiger partial charge in [-0.1, -0.05) is 30.3 Å². The molecule has 0 unspecified atom stereocenters. The number of carbonyl (C=O) groups is 1. The molecule has 0 atom stereocenters. The fourth-order valence-electron chi connectivity index (χ4n) is 1.29. The van der Waals surface area contributed by atoms with Gasteiger partial charge in [-0.05, 0) is 29.7 Å². The van der Waals surface area contributed by atoms with E-state index in [-0.39, 0.29) is 5.91 Å². The van der Waals surface area contributed by atoms with Crippen LogP contribution in [0.1, 0.15) is 5.56 Å². The van der Waals surface area contributed by atoms with Crippen molar-refractivity contribution in [2.24, 2.45) is 0 Å². The molecule has 1 heterocycles. The first kappa shape index (κ1) is 10.8. The van der Waals surface area contributed by atoms with E-state index in [0.717, 1.165) is 5.56 Å². The van der Waals surface area contributed by atoms with E-state index in [1.54, 1.807) is 12.3 Å². The Kier molecular flexibility index (Phi) is 3.66. The summed E-state index contributed by atoms with van der Waals surface area (Å²) in [5.74, 6) is -0.0503. The van der Waals surface area contributed by atoms with Gasteiger partial charge in [0.1, 0.15) is 0 Å². The monoisotopic (exact) mass is 232 g/mol. The summed E-state index contributed by atoms with van der Waals surface area (Å²) in [5.41, 5.74) is 1.10. The Morgan fingerprint density at radius 1 is 1.31 bits per heavy atom. The van der Waals surface area contributed by atoms with E-state index in [1.807, 2.05) is 36.4 Å². The second-order valence-electron chi connectivity index (χ2n) is 3.28. The predicted molar refractivity (Wildman–Crippen MR) is 66.2 cm³/mol. The molecule has 0 fully saturated rings. The van der Waals surface area contributed by atoms with Crippen LogP contribution < -0.4 is 10.0 Å². The molecule has 0 saturated heterocycles. The molecule has 0 spiro atoms. The van der Waals surface area contributed by atoms with Gasteiger partial charge in [0, 0.05) is 12.7 Å². The molecule has 1 aliphatic heterocycles. The molecular weight excluding hydrogens is 220 g/mol. The van der Waals surface area contributed by atoms with Crippen LogP contribution in [0.15, 0.2) is 53.6 Å². The van der Waals surface area contributed by atoms with Crippen LogP contribution >= 0.6 is 11.9 Å². The molecule has 0 bridgehead atoms. The SMILES string of the molecule is O=C(NCc1ccccc1)C1=CC=CNS1. The third-order valence-electron chi connectivity index (χ3n) is 2.10. The number of allylic oxidation sites excluding steroid dienone is 2. The Balaban J connectivity index is 1.89. The minimum absolute atomic E-state index is 0.0503. The Hall–Kier alpha value is -1.68. The smallest absolute Gasteiger partial charge is 0.259 e. The van der Waals surface area contributed by atoms with Gasteiger partial charge in [-0.25, -0.2) is 0 Å². The molecule has 1 aromatic rings. The van der Waals surface area contributed by atoms with Crippen LogP contribution in [0.2, 0.25) is 0 Å². The van der Waals surface area contributed by atoms with Crippen molar-refractivity contribution in [1.29, 1.82) is 0 Å². The number of rotatable bonds is 3. The summed E-state index contributed by atoms with van der Waals surface area (Å²) in [4.78, 5) is 12.4. The lowest BCUT2D eigenvalue weighted by atomic mass is 10.2. The zero-order valence-electron chi connectivity index (χ0n) is 8.64. The molecule has 0 radical (unpaired) electrons. The molecule has 0 aromatic heterocycles. The Bertz CT molecular complexity index is 426.